The second-order valence-corrected chi connectivity index (χ2v) is 8.38. The van der Waals surface area contributed by atoms with E-state index in [0.29, 0.717) is 10.8 Å². The number of para-hydroxylation sites is 1. The predicted molar refractivity (Wildman–Crippen MR) is 109 cm³/mol. The third-order valence-corrected chi connectivity index (χ3v) is 6.55. The lowest BCUT2D eigenvalue weighted by Crippen LogP contribution is -2.38. The fourth-order valence-corrected chi connectivity index (χ4v) is 4.62. The number of aryl methyl sites for hydroxylation is 2. The number of aromatic nitrogens is 2. The number of rotatable bonds is 3. The average molecular weight is 402 g/mol. The van der Waals surface area contributed by atoms with Crippen LogP contribution in [0.15, 0.2) is 30.6 Å². The summed E-state index contributed by atoms with van der Waals surface area (Å²) < 4.78 is 5.50. The number of carbonyl (C=O) groups is 1. The van der Waals surface area contributed by atoms with Gasteiger partial charge in [-0.3, -0.25) is 4.79 Å². The van der Waals surface area contributed by atoms with Crippen molar-refractivity contribution in [1.82, 2.24) is 9.97 Å². The molecule has 27 heavy (non-hydrogen) atoms. The number of halogens is 1. The highest BCUT2D eigenvalue weighted by atomic mass is 35.5. The van der Waals surface area contributed by atoms with E-state index >= 15 is 0 Å². The third kappa shape index (κ3) is 3.51. The standard InChI is InChI=1S/C20H20ClN3O2S/c1-12-13(2)27-19-17(12)18(22-11-23-19)24-9-7-14(8-10-24)20(25)26-16-6-4-3-5-15(16)21/h3-6,11,14H,7-10H2,1-2H3. The Balaban J connectivity index is 1.47. The molecule has 0 unspecified atom stereocenters. The molecule has 5 nitrogen and oxygen atoms in total. The van der Waals surface area contributed by atoms with Crippen molar-refractivity contribution in [2.45, 2.75) is 26.7 Å². The first-order chi connectivity index (χ1) is 13.0. The van der Waals surface area contributed by atoms with Crippen LogP contribution in [0.2, 0.25) is 5.02 Å². The molecule has 0 bridgehead atoms. The van der Waals surface area contributed by atoms with Crippen molar-refractivity contribution in [3.05, 3.63) is 46.1 Å². The maximum atomic E-state index is 12.5. The summed E-state index contributed by atoms with van der Waals surface area (Å²) in [5, 5.41) is 1.59. The Morgan fingerprint density at radius 3 is 2.70 bits per heavy atom. The van der Waals surface area contributed by atoms with Gasteiger partial charge in [0.05, 0.1) is 16.3 Å². The van der Waals surface area contributed by atoms with Crippen molar-refractivity contribution in [3.8, 4) is 5.75 Å². The molecular formula is C20H20ClN3O2S. The fraction of sp³-hybridized carbons (Fsp3) is 0.350. The van der Waals surface area contributed by atoms with Crippen LogP contribution in [0.25, 0.3) is 10.2 Å². The van der Waals surface area contributed by atoms with Crippen molar-refractivity contribution in [3.63, 3.8) is 0 Å². The van der Waals surface area contributed by atoms with Crippen LogP contribution in [0.1, 0.15) is 23.3 Å². The number of benzene rings is 1. The van der Waals surface area contributed by atoms with Crippen molar-refractivity contribution >= 4 is 44.9 Å². The minimum absolute atomic E-state index is 0.125. The van der Waals surface area contributed by atoms with E-state index in [9.17, 15) is 4.79 Å². The number of piperidine rings is 1. The Labute approximate surface area is 167 Å². The highest BCUT2D eigenvalue weighted by Gasteiger charge is 2.29. The molecule has 0 radical (unpaired) electrons. The minimum Gasteiger partial charge on any atom is -0.425 e. The largest absolute Gasteiger partial charge is 0.425 e. The quantitative estimate of drug-likeness (QED) is 0.466. The smallest absolute Gasteiger partial charge is 0.314 e. The van der Waals surface area contributed by atoms with Gasteiger partial charge in [0.25, 0.3) is 0 Å². The number of fused-ring (bicyclic) bond motifs is 1. The van der Waals surface area contributed by atoms with E-state index in [1.807, 2.05) is 12.1 Å². The molecule has 1 aliphatic rings. The summed E-state index contributed by atoms with van der Waals surface area (Å²) >= 11 is 7.78. The monoisotopic (exact) mass is 401 g/mol. The number of thiophene rings is 1. The van der Waals surface area contributed by atoms with Crippen molar-refractivity contribution in [2.75, 3.05) is 18.0 Å². The van der Waals surface area contributed by atoms with Gasteiger partial charge in [0, 0.05) is 18.0 Å². The van der Waals surface area contributed by atoms with Crippen LogP contribution in [0, 0.1) is 19.8 Å². The van der Waals surface area contributed by atoms with Crippen LogP contribution in [0.3, 0.4) is 0 Å². The van der Waals surface area contributed by atoms with Gasteiger partial charge in [-0.1, -0.05) is 23.7 Å². The molecule has 2 aromatic heterocycles. The first-order valence-electron chi connectivity index (χ1n) is 8.96. The highest BCUT2D eigenvalue weighted by molar-refractivity contribution is 7.18. The first-order valence-corrected chi connectivity index (χ1v) is 10.2. The van der Waals surface area contributed by atoms with Gasteiger partial charge >= 0.3 is 5.97 Å². The molecule has 1 aromatic carbocycles. The Bertz CT molecular complexity index is 996. The Morgan fingerprint density at radius 1 is 1.22 bits per heavy atom. The van der Waals surface area contributed by atoms with Crippen molar-refractivity contribution in [2.24, 2.45) is 5.92 Å². The van der Waals surface area contributed by atoms with E-state index < -0.39 is 0 Å². The molecule has 1 saturated heterocycles. The zero-order valence-corrected chi connectivity index (χ0v) is 16.8. The topological polar surface area (TPSA) is 55.3 Å². The molecule has 140 valence electrons. The molecule has 0 saturated carbocycles. The summed E-state index contributed by atoms with van der Waals surface area (Å²) in [6, 6.07) is 7.06. The highest BCUT2D eigenvalue weighted by Crippen LogP contribution is 2.36. The van der Waals surface area contributed by atoms with Gasteiger partial charge < -0.3 is 9.64 Å². The van der Waals surface area contributed by atoms with Gasteiger partial charge in [-0.15, -0.1) is 11.3 Å². The van der Waals surface area contributed by atoms with Gasteiger partial charge in [-0.2, -0.15) is 0 Å². The molecule has 3 aromatic rings. The van der Waals surface area contributed by atoms with E-state index in [1.165, 1.54) is 10.4 Å². The second kappa shape index (κ2) is 7.44. The van der Waals surface area contributed by atoms with Crippen LogP contribution < -0.4 is 9.64 Å². The summed E-state index contributed by atoms with van der Waals surface area (Å²) in [6.07, 6.45) is 3.10. The molecule has 7 heteroatoms. The van der Waals surface area contributed by atoms with Crippen LogP contribution in [-0.4, -0.2) is 29.0 Å². The normalized spacial score (nSPS) is 15.3. The van der Waals surface area contributed by atoms with E-state index in [-0.39, 0.29) is 11.9 Å². The van der Waals surface area contributed by atoms with Gasteiger partial charge in [-0.25, -0.2) is 9.97 Å². The first kappa shape index (κ1) is 18.2. The lowest BCUT2D eigenvalue weighted by atomic mass is 9.96. The molecule has 0 aliphatic carbocycles. The maximum absolute atomic E-state index is 12.5. The minimum atomic E-state index is -0.210. The number of esters is 1. The predicted octanol–water partition coefficient (Wildman–Crippen LogP) is 4.78. The second-order valence-electron chi connectivity index (χ2n) is 6.77. The number of carbonyl (C=O) groups excluding carboxylic acids is 1. The fourth-order valence-electron chi connectivity index (χ4n) is 3.45. The van der Waals surface area contributed by atoms with Crippen LogP contribution in [-0.2, 0) is 4.79 Å². The number of anilines is 1. The number of hydrogen-bond donors (Lipinski definition) is 0. The Kier molecular flexibility index (Phi) is 5.02. The third-order valence-electron chi connectivity index (χ3n) is 5.12. The molecule has 1 aliphatic heterocycles. The molecule has 0 spiro atoms. The number of nitrogens with zero attached hydrogens (tertiary/aromatic N) is 3. The Hall–Kier alpha value is -2.18. The molecule has 1 fully saturated rings. The lowest BCUT2D eigenvalue weighted by Gasteiger charge is -2.32. The van der Waals surface area contributed by atoms with Gasteiger partial charge in [0.15, 0.2) is 0 Å². The molecule has 0 atom stereocenters. The summed E-state index contributed by atoms with van der Waals surface area (Å²) in [5.74, 6) is 1.06. The molecule has 3 heterocycles. The maximum Gasteiger partial charge on any atom is 0.314 e. The van der Waals surface area contributed by atoms with E-state index in [4.69, 9.17) is 16.3 Å². The van der Waals surface area contributed by atoms with Crippen LogP contribution in [0.5, 0.6) is 5.75 Å². The molecular weight excluding hydrogens is 382 g/mol. The number of ether oxygens (including phenoxy) is 1. The Morgan fingerprint density at radius 2 is 1.96 bits per heavy atom. The summed E-state index contributed by atoms with van der Waals surface area (Å²) in [4.78, 5) is 26.0. The molecule has 0 amide bonds. The zero-order chi connectivity index (χ0) is 19.0. The van der Waals surface area contributed by atoms with Gasteiger partial charge in [-0.05, 0) is 44.4 Å². The van der Waals surface area contributed by atoms with Gasteiger partial charge in [0.2, 0.25) is 0 Å². The number of hydrogen-bond acceptors (Lipinski definition) is 6. The van der Waals surface area contributed by atoms with Crippen molar-refractivity contribution < 1.29 is 9.53 Å². The summed E-state index contributed by atoms with van der Waals surface area (Å²) in [6.45, 7) is 5.77. The summed E-state index contributed by atoms with van der Waals surface area (Å²) in [7, 11) is 0. The van der Waals surface area contributed by atoms with Crippen LogP contribution >= 0.6 is 22.9 Å². The summed E-state index contributed by atoms with van der Waals surface area (Å²) in [5.41, 5.74) is 1.24. The SMILES string of the molecule is Cc1sc2ncnc(N3CCC(C(=O)Oc4ccccc4Cl)CC3)c2c1C. The zero-order valence-electron chi connectivity index (χ0n) is 15.2. The average Bonchev–Trinajstić information content (AvgIpc) is 2.98. The van der Waals surface area contributed by atoms with Gasteiger partial charge in [0.1, 0.15) is 22.7 Å². The van der Waals surface area contributed by atoms with E-state index in [0.717, 1.165) is 42.0 Å². The van der Waals surface area contributed by atoms with Crippen LogP contribution in [0.4, 0.5) is 5.82 Å². The molecule has 0 N–H and O–H groups in total. The van der Waals surface area contributed by atoms with E-state index in [1.54, 1.807) is 29.8 Å². The lowest BCUT2D eigenvalue weighted by molar-refractivity contribution is -0.139. The molecule has 4 rings (SSSR count). The van der Waals surface area contributed by atoms with Crippen molar-refractivity contribution in [1.29, 1.82) is 0 Å². The van der Waals surface area contributed by atoms with E-state index in [2.05, 4.69) is 28.7 Å².